The molecule has 0 fully saturated rings. The quantitative estimate of drug-likeness (QED) is 0.556. The second kappa shape index (κ2) is 9.07. The first-order valence-electron chi connectivity index (χ1n) is 10.0. The summed E-state index contributed by atoms with van der Waals surface area (Å²) in [7, 11) is 0. The highest BCUT2D eigenvalue weighted by atomic mass is 16.5. The number of hydrogen-bond acceptors (Lipinski definition) is 5. The summed E-state index contributed by atoms with van der Waals surface area (Å²) in [5.41, 5.74) is 3.51. The van der Waals surface area contributed by atoms with E-state index < -0.39 is 12.1 Å². The standard InChI is InChI=1S/C24H24N2O4/c27-23(18-4-2-10-25-14-18)15-26-20-8-6-16-7-9-22(13-19(16)11-20)30-21-5-1-3-17(12-21)24(28)29/h1-5,7,9-10,12-14,20,23,26-27H,6,8,11,15H2,(H,28,29)/t20-,23-/m0/s1. The smallest absolute Gasteiger partial charge is 0.335 e. The number of aliphatic hydroxyl groups is 1. The highest BCUT2D eigenvalue weighted by Gasteiger charge is 2.20. The van der Waals surface area contributed by atoms with E-state index >= 15 is 0 Å². The Morgan fingerprint density at radius 3 is 2.80 bits per heavy atom. The fourth-order valence-electron chi connectivity index (χ4n) is 3.77. The molecule has 0 unspecified atom stereocenters. The summed E-state index contributed by atoms with van der Waals surface area (Å²) in [4.78, 5) is 15.2. The van der Waals surface area contributed by atoms with Crippen molar-refractivity contribution < 1.29 is 19.7 Å². The lowest BCUT2D eigenvalue weighted by Crippen LogP contribution is -2.37. The molecule has 2 atom stereocenters. The molecule has 4 rings (SSSR count). The second-order valence-electron chi connectivity index (χ2n) is 7.52. The number of benzene rings is 2. The molecule has 1 aliphatic carbocycles. The average Bonchev–Trinajstić information content (AvgIpc) is 2.78. The van der Waals surface area contributed by atoms with Crippen LogP contribution >= 0.6 is 0 Å². The van der Waals surface area contributed by atoms with Crippen molar-refractivity contribution in [3.8, 4) is 11.5 Å². The van der Waals surface area contributed by atoms with Gasteiger partial charge in [0.05, 0.1) is 11.7 Å². The number of carbonyl (C=O) groups is 1. The zero-order valence-corrected chi connectivity index (χ0v) is 16.5. The summed E-state index contributed by atoms with van der Waals surface area (Å²) >= 11 is 0. The average molecular weight is 404 g/mol. The normalized spacial score (nSPS) is 16.5. The highest BCUT2D eigenvalue weighted by molar-refractivity contribution is 5.88. The minimum atomic E-state index is -0.978. The molecule has 0 amide bonds. The summed E-state index contributed by atoms with van der Waals surface area (Å²) in [6.45, 7) is 0.476. The summed E-state index contributed by atoms with van der Waals surface area (Å²) in [5, 5.41) is 23.0. The number of carboxylic acids is 1. The zero-order chi connectivity index (χ0) is 20.9. The Kier molecular flexibility index (Phi) is 6.07. The molecule has 1 heterocycles. The van der Waals surface area contributed by atoms with Crippen LogP contribution in [0, 0.1) is 0 Å². The van der Waals surface area contributed by atoms with Crippen LogP contribution in [0.2, 0.25) is 0 Å². The monoisotopic (exact) mass is 404 g/mol. The van der Waals surface area contributed by atoms with Gasteiger partial charge in [0, 0.05) is 30.5 Å². The van der Waals surface area contributed by atoms with Gasteiger partial charge in [0.2, 0.25) is 0 Å². The number of nitrogens with zero attached hydrogens (tertiary/aromatic N) is 1. The summed E-state index contributed by atoms with van der Waals surface area (Å²) in [6, 6.07) is 16.5. The molecule has 2 aromatic carbocycles. The number of ether oxygens (including phenoxy) is 1. The number of hydrogen-bond donors (Lipinski definition) is 3. The highest BCUT2D eigenvalue weighted by Crippen LogP contribution is 2.29. The molecule has 0 aliphatic heterocycles. The van der Waals surface area contributed by atoms with Gasteiger partial charge in [0.25, 0.3) is 0 Å². The minimum Gasteiger partial charge on any atom is -0.478 e. The van der Waals surface area contributed by atoms with Crippen LogP contribution in [-0.4, -0.2) is 33.8 Å². The predicted molar refractivity (Wildman–Crippen MR) is 113 cm³/mol. The number of rotatable bonds is 7. The molecule has 0 spiro atoms. The van der Waals surface area contributed by atoms with Crippen molar-refractivity contribution in [2.24, 2.45) is 0 Å². The molecule has 6 nitrogen and oxygen atoms in total. The van der Waals surface area contributed by atoms with Crippen LogP contribution in [0.1, 0.15) is 39.6 Å². The fourth-order valence-corrected chi connectivity index (χ4v) is 3.77. The Morgan fingerprint density at radius 1 is 1.13 bits per heavy atom. The first kappa shape index (κ1) is 20.1. The van der Waals surface area contributed by atoms with Crippen LogP contribution in [0.25, 0.3) is 0 Å². The molecule has 154 valence electrons. The van der Waals surface area contributed by atoms with Crippen molar-refractivity contribution >= 4 is 5.97 Å². The maximum Gasteiger partial charge on any atom is 0.335 e. The van der Waals surface area contributed by atoms with Crippen molar-refractivity contribution in [1.82, 2.24) is 10.3 Å². The topological polar surface area (TPSA) is 91.7 Å². The number of fused-ring (bicyclic) bond motifs is 1. The third-order valence-corrected chi connectivity index (χ3v) is 5.39. The maximum atomic E-state index is 11.1. The number of aliphatic hydroxyl groups excluding tert-OH is 1. The van der Waals surface area contributed by atoms with Gasteiger partial charge < -0.3 is 20.3 Å². The lowest BCUT2D eigenvalue weighted by molar-refractivity contribution is 0.0696. The van der Waals surface area contributed by atoms with Crippen molar-refractivity contribution in [2.75, 3.05) is 6.54 Å². The number of pyridine rings is 1. The summed E-state index contributed by atoms with van der Waals surface area (Å²) < 4.78 is 5.90. The van der Waals surface area contributed by atoms with E-state index in [1.54, 1.807) is 24.5 Å². The number of carboxylic acid groups (broad SMARTS) is 1. The molecule has 3 N–H and O–H groups in total. The van der Waals surface area contributed by atoms with E-state index in [1.807, 2.05) is 24.3 Å². The van der Waals surface area contributed by atoms with Gasteiger partial charge in [-0.05, 0) is 66.8 Å². The Labute approximate surface area is 175 Å². The number of aromatic carboxylic acids is 1. The van der Waals surface area contributed by atoms with E-state index in [9.17, 15) is 9.90 Å². The SMILES string of the molecule is O=C(O)c1cccc(Oc2ccc3c(c2)C[C@@H](NC[C@H](O)c2cccnc2)CC3)c1. The van der Waals surface area contributed by atoms with Crippen LogP contribution in [-0.2, 0) is 12.8 Å². The number of aryl methyl sites for hydroxylation is 1. The predicted octanol–water partition coefficient (Wildman–Crippen LogP) is 3.75. The molecule has 0 bridgehead atoms. The first-order valence-corrected chi connectivity index (χ1v) is 10.0. The second-order valence-corrected chi connectivity index (χ2v) is 7.52. The van der Waals surface area contributed by atoms with Crippen LogP contribution in [0.15, 0.2) is 67.0 Å². The third-order valence-electron chi connectivity index (χ3n) is 5.39. The van der Waals surface area contributed by atoms with Gasteiger partial charge in [0.15, 0.2) is 0 Å². The van der Waals surface area contributed by atoms with E-state index in [0.717, 1.165) is 24.8 Å². The van der Waals surface area contributed by atoms with Gasteiger partial charge in [-0.15, -0.1) is 0 Å². The lowest BCUT2D eigenvalue weighted by Gasteiger charge is -2.27. The largest absolute Gasteiger partial charge is 0.478 e. The van der Waals surface area contributed by atoms with Crippen LogP contribution in [0.4, 0.5) is 0 Å². The van der Waals surface area contributed by atoms with Crippen molar-refractivity contribution in [1.29, 1.82) is 0 Å². The van der Waals surface area contributed by atoms with Crippen LogP contribution in [0.5, 0.6) is 11.5 Å². The van der Waals surface area contributed by atoms with Gasteiger partial charge in [0.1, 0.15) is 11.5 Å². The Balaban J connectivity index is 1.39. The van der Waals surface area contributed by atoms with Crippen molar-refractivity contribution in [2.45, 2.75) is 31.4 Å². The van der Waals surface area contributed by atoms with E-state index in [1.165, 1.54) is 23.3 Å². The molecule has 30 heavy (non-hydrogen) atoms. The van der Waals surface area contributed by atoms with Crippen molar-refractivity contribution in [3.05, 3.63) is 89.2 Å². The van der Waals surface area contributed by atoms with Gasteiger partial charge in [-0.1, -0.05) is 18.2 Å². The molecule has 0 saturated heterocycles. The van der Waals surface area contributed by atoms with E-state index in [-0.39, 0.29) is 11.6 Å². The molecular weight excluding hydrogens is 380 g/mol. The molecular formula is C24H24N2O4. The molecule has 6 heteroatoms. The maximum absolute atomic E-state index is 11.1. The van der Waals surface area contributed by atoms with E-state index in [0.29, 0.717) is 18.0 Å². The van der Waals surface area contributed by atoms with Gasteiger partial charge >= 0.3 is 5.97 Å². The lowest BCUT2D eigenvalue weighted by atomic mass is 9.88. The van der Waals surface area contributed by atoms with E-state index in [4.69, 9.17) is 9.84 Å². The number of nitrogens with one attached hydrogen (secondary N) is 1. The molecule has 0 radical (unpaired) electrons. The van der Waals surface area contributed by atoms with E-state index in [2.05, 4.69) is 16.4 Å². The molecule has 1 aromatic heterocycles. The minimum absolute atomic E-state index is 0.196. The van der Waals surface area contributed by atoms with Crippen LogP contribution < -0.4 is 10.1 Å². The fraction of sp³-hybridized carbons (Fsp3) is 0.250. The van der Waals surface area contributed by atoms with Gasteiger partial charge in [-0.25, -0.2) is 4.79 Å². The third kappa shape index (κ3) is 4.84. The Morgan fingerprint density at radius 2 is 2.00 bits per heavy atom. The molecule has 3 aromatic rings. The van der Waals surface area contributed by atoms with Gasteiger partial charge in [-0.2, -0.15) is 0 Å². The number of aromatic nitrogens is 1. The molecule has 0 saturated carbocycles. The summed E-state index contributed by atoms with van der Waals surface area (Å²) in [5.74, 6) is 0.209. The Hall–Kier alpha value is -3.22. The van der Waals surface area contributed by atoms with Crippen molar-refractivity contribution in [3.63, 3.8) is 0 Å². The van der Waals surface area contributed by atoms with Crippen LogP contribution in [0.3, 0.4) is 0 Å². The first-order chi connectivity index (χ1) is 14.6. The summed E-state index contributed by atoms with van der Waals surface area (Å²) in [6.07, 6.45) is 5.61. The molecule has 1 aliphatic rings. The Bertz CT molecular complexity index is 1020. The van der Waals surface area contributed by atoms with Gasteiger partial charge in [-0.3, -0.25) is 4.98 Å². The zero-order valence-electron chi connectivity index (χ0n) is 16.5.